The molecule has 2 aliphatic rings. The van der Waals surface area contributed by atoms with Gasteiger partial charge in [0.05, 0.1) is 34.4 Å². The van der Waals surface area contributed by atoms with Crippen molar-refractivity contribution in [3.63, 3.8) is 0 Å². The second kappa shape index (κ2) is 15.2. The van der Waals surface area contributed by atoms with Crippen molar-refractivity contribution in [2.24, 2.45) is 4.99 Å². The van der Waals surface area contributed by atoms with Gasteiger partial charge in [0.15, 0.2) is 6.17 Å². The molecule has 1 N–H and O–H groups in total. The number of nitrogens with zero attached hydrogens (tertiary/aromatic N) is 4. The van der Waals surface area contributed by atoms with Crippen molar-refractivity contribution >= 4 is 39.7 Å². The predicted octanol–water partition coefficient (Wildman–Crippen LogP) is 3.14. The van der Waals surface area contributed by atoms with Gasteiger partial charge in [0.2, 0.25) is 5.82 Å². The van der Waals surface area contributed by atoms with Gasteiger partial charge in [-0.25, -0.2) is 23.6 Å². The highest BCUT2D eigenvalue weighted by Gasteiger charge is 2.48. The Morgan fingerprint density at radius 3 is 1.70 bits per heavy atom. The maximum atomic E-state index is 8.49. The second-order valence-electron chi connectivity index (χ2n) is 12.7. The molecule has 0 radical (unpaired) electrons. The molecule has 0 amide bonds. The summed E-state index contributed by atoms with van der Waals surface area (Å²) < 4.78 is 34.0. The van der Waals surface area contributed by atoms with Crippen LogP contribution in [0.5, 0.6) is 0 Å². The molecule has 266 valence electrons. The number of quaternary nitrogens is 1. The zero-order valence-corrected chi connectivity index (χ0v) is 30.1. The number of benzene rings is 5. The SMILES string of the molecule is CCN1c2nc3ccccc3nc2[NH+](CC)C1/C=C/C1(c2ccccc2)C(c2ccccc2)=NC(c2ccccc2)=C1c1ccccc1.[O-][Cl+3]([O-])([O-])[O-]. The van der Waals surface area contributed by atoms with Crippen molar-refractivity contribution < 1.29 is 33.8 Å². The fourth-order valence-electron chi connectivity index (χ4n) is 7.51. The van der Waals surface area contributed by atoms with Gasteiger partial charge >= 0.3 is 0 Å². The zero-order chi connectivity index (χ0) is 37.0. The van der Waals surface area contributed by atoms with Crippen molar-refractivity contribution in [3.8, 4) is 0 Å². The summed E-state index contributed by atoms with van der Waals surface area (Å²) in [6.45, 7) is 6.13. The Kier molecular flexibility index (Phi) is 10.3. The molecular formula is C43H38ClN5O4. The van der Waals surface area contributed by atoms with Gasteiger partial charge in [-0.3, -0.25) is 14.8 Å². The van der Waals surface area contributed by atoms with Crippen molar-refractivity contribution in [3.05, 3.63) is 180 Å². The number of allylic oxidation sites excluding steroid dienone is 2. The molecule has 0 saturated carbocycles. The van der Waals surface area contributed by atoms with Gasteiger partial charge in [0.1, 0.15) is 0 Å². The molecule has 3 unspecified atom stereocenters. The number of nitrogens with one attached hydrogen (secondary N) is 1. The maximum Gasteiger partial charge on any atom is 0.272 e. The topological polar surface area (TPSA) is 138 Å². The smallest absolute Gasteiger partial charge is 0.272 e. The number of hydrogen-bond acceptors (Lipinski definition) is 8. The predicted molar refractivity (Wildman–Crippen MR) is 197 cm³/mol. The third kappa shape index (κ3) is 7.14. The summed E-state index contributed by atoms with van der Waals surface area (Å²) in [7, 11) is -4.94. The lowest BCUT2D eigenvalue weighted by Gasteiger charge is -2.34. The second-order valence-corrected chi connectivity index (χ2v) is 13.4. The molecule has 0 aliphatic carbocycles. The van der Waals surface area contributed by atoms with Gasteiger partial charge in [-0.15, -0.1) is 10.2 Å². The summed E-state index contributed by atoms with van der Waals surface area (Å²) in [5.41, 5.74) is 8.87. The molecule has 0 bridgehead atoms. The Morgan fingerprint density at radius 2 is 1.15 bits per heavy atom. The quantitative estimate of drug-likeness (QED) is 0.238. The highest BCUT2D eigenvalue weighted by Crippen LogP contribution is 2.52. The largest absolute Gasteiger partial charge is 0.297 e. The van der Waals surface area contributed by atoms with E-state index in [1.165, 1.54) is 16.0 Å². The molecule has 3 heterocycles. The Balaban J connectivity index is 0.000000817. The van der Waals surface area contributed by atoms with E-state index in [2.05, 4.69) is 164 Å². The Labute approximate surface area is 310 Å². The first-order chi connectivity index (χ1) is 25.7. The van der Waals surface area contributed by atoms with Gasteiger partial charge in [-0.2, -0.15) is 4.98 Å². The summed E-state index contributed by atoms with van der Waals surface area (Å²) in [6.07, 6.45) is 4.84. The third-order valence-corrected chi connectivity index (χ3v) is 9.69. The van der Waals surface area contributed by atoms with Crippen LogP contribution >= 0.6 is 0 Å². The molecule has 0 fully saturated rings. The number of aliphatic imine (C=N–C) groups is 1. The van der Waals surface area contributed by atoms with Gasteiger partial charge in [0, 0.05) is 17.7 Å². The maximum absolute atomic E-state index is 8.49. The number of para-hydroxylation sites is 2. The van der Waals surface area contributed by atoms with E-state index >= 15 is 0 Å². The lowest BCUT2D eigenvalue weighted by molar-refractivity contribution is -2.00. The average molecular weight is 724 g/mol. The molecule has 6 aromatic rings. The van der Waals surface area contributed by atoms with Gasteiger partial charge < -0.3 is 0 Å². The zero-order valence-electron chi connectivity index (χ0n) is 29.3. The number of likely N-dealkylation sites (N-methyl/N-ethyl adjacent to an activating group) is 2. The van der Waals surface area contributed by atoms with Crippen LogP contribution in [0.4, 0.5) is 11.6 Å². The molecule has 3 atom stereocenters. The van der Waals surface area contributed by atoms with E-state index in [4.69, 9.17) is 33.6 Å². The molecule has 0 spiro atoms. The summed E-state index contributed by atoms with van der Waals surface area (Å²) in [4.78, 5) is 19.7. The molecular weight excluding hydrogens is 686 g/mol. The summed E-state index contributed by atoms with van der Waals surface area (Å²) in [6, 6.07) is 51.1. The molecule has 53 heavy (non-hydrogen) atoms. The summed E-state index contributed by atoms with van der Waals surface area (Å²) in [5, 5.41) is 0. The van der Waals surface area contributed by atoms with Crippen LogP contribution in [0, 0.1) is 10.2 Å². The van der Waals surface area contributed by atoms with Crippen LogP contribution in [0.25, 0.3) is 22.3 Å². The summed E-state index contributed by atoms with van der Waals surface area (Å²) in [5.74, 6) is 1.97. The number of hydrogen-bond donors (Lipinski definition) is 1. The van der Waals surface area contributed by atoms with Crippen LogP contribution in [0.2, 0.25) is 0 Å². The molecule has 5 aromatic carbocycles. The number of anilines is 1. The van der Waals surface area contributed by atoms with Gasteiger partial charge in [-0.05, 0) is 48.7 Å². The highest BCUT2D eigenvalue weighted by molar-refractivity contribution is 6.26. The van der Waals surface area contributed by atoms with Crippen molar-refractivity contribution in [1.82, 2.24) is 9.97 Å². The fourth-order valence-corrected chi connectivity index (χ4v) is 7.51. The van der Waals surface area contributed by atoms with Gasteiger partial charge in [0.25, 0.3) is 5.82 Å². The van der Waals surface area contributed by atoms with Crippen LogP contribution in [0.15, 0.2) is 163 Å². The monoisotopic (exact) mass is 723 g/mol. The first-order valence-corrected chi connectivity index (χ1v) is 18.7. The molecule has 10 heteroatoms. The van der Waals surface area contributed by atoms with E-state index in [0.29, 0.717) is 0 Å². The molecule has 2 aliphatic heterocycles. The number of halogens is 1. The minimum absolute atomic E-state index is 0.00206. The Morgan fingerprint density at radius 1 is 0.660 bits per heavy atom. The van der Waals surface area contributed by atoms with E-state index < -0.39 is 15.7 Å². The molecule has 8 rings (SSSR count). The third-order valence-electron chi connectivity index (χ3n) is 9.69. The van der Waals surface area contributed by atoms with Crippen LogP contribution < -0.4 is 28.4 Å². The van der Waals surface area contributed by atoms with Crippen LogP contribution in [0.3, 0.4) is 0 Å². The number of fused-ring (bicyclic) bond motifs is 2. The molecule has 1 aromatic heterocycles. The van der Waals surface area contributed by atoms with E-state index in [0.717, 1.165) is 63.9 Å². The Bertz CT molecular complexity index is 2220. The first kappa shape index (κ1) is 35.9. The minimum Gasteiger partial charge on any atom is -0.297 e. The van der Waals surface area contributed by atoms with E-state index in [-0.39, 0.29) is 6.17 Å². The molecule has 9 nitrogen and oxygen atoms in total. The van der Waals surface area contributed by atoms with Crippen LogP contribution in [-0.4, -0.2) is 34.9 Å². The lowest BCUT2D eigenvalue weighted by Crippen LogP contribution is -3.11. The van der Waals surface area contributed by atoms with Crippen molar-refractivity contribution in [2.75, 3.05) is 18.0 Å². The average Bonchev–Trinajstić information content (AvgIpc) is 3.69. The lowest BCUT2D eigenvalue weighted by atomic mass is 9.67. The first-order valence-electron chi connectivity index (χ1n) is 17.5. The standard InChI is InChI=1S/C43H37N5.ClHO4/c1-3-47-37(48(4-2)42-41(47)44-35-27-17-18-28-36(35)45-42)29-30-43(34-25-15-8-16-26-34)38(31-19-9-5-10-20-31)39(32-21-11-6-12-22-32)46-40(43)33-23-13-7-14-24-33;2-1(3,4)5/h5-30,37H,3-4H2,1-2H3;(H,2,3,4,5)/b30-29+;. The van der Waals surface area contributed by atoms with E-state index in [9.17, 15) is 0 Å². The fraction of sp³-hybridized carbons (Fsp3) is 0.140. The normalized spacial score (nSPS) is 19.7. The van der Waals surface area contributed by atoms with E-state index in [1.54, 1.807) is 0 Å². The number of aromatic nitrogens is 2. The summed E-state index contributed by atoms with van der Waals surface area (Å²) >= 11 is 0. The van der Waals surface area contributed by atoms with Crippen LogP contribution in [0.1, 0.15) is 36.1 Å². The van der Waals surface area contributed by atoms with Crippen molar-refractivity contribution in [1.29, 1.82) is 0 Å². The highest BCUT2D eigenvalue weighted by atomic mass is 35.7. The molecule has 0 saturated heterocycles. The van der Waals surface area contributed by atoms with Gasteiger partial charge in [-0.1, -0.05) is 140 Å². The minimum atomic E-state index is -4.94. The van der Waals surface area contributed by atoms with E-state index in [1.807, 2.05) is 12.1 Å². The number of rotatable bonds is 8. The Hall–Kier alpha value is -5.52. The van der Waals surface area contributed by atoms with Crippen LogP contribution in [-0.2, 0) is 5.41 Å². The van der Waals surface area contributed by atoms with Crippen molar-refractivity contribution in [2.45, 2.75) is 25.4 Å².